The Bertz CT molecular complexity index is 714. The topological polar surface area (TPSA) is 77.2 Å². The van der Waals surface area contributed by atoms with Gasteiger partial charge in [-0.2, -0.15) is 0 Å². The predicted molar refractivity (Wildman–Crippen MR) is 97.2 cm³/mol. The van der Waals surface area contributed by atoms with Gasteiger partial charge < -0.3 is 15.8 Å². The number of nitrogens with two attached hydrogens (primary N) is 1. The van der Waals surface area contributed by atoms with Crippen LogP contribution >= 0.6 is 22.9 Å². The number of nitrogens with one attached hydrogen (secondary N) is 1. The second kappa shape index (κ2) is 7.96. The summed E-state index contributed by atoms with van der Waals surface area (Å²) in [6.45, 7) is 0.520. The minimum absolute atomic E-state index is 0.249. The summed E-state index contributed by atoms with van der Waals surface area (Å²) in [6.07, 6.45) is 5.48. The first-order valence-corrected chi connectivity index (χ1v) is 9.33. The molecule has 0 bridgehead atoms. The first-order valence-electron chi connectivity index (χ1n) is 8.07. The van der Waals surface area contributed by atoms with Crippen molar-refractivity contribution in [3.05, 3.63) is 39.3 Å². The highest BCUT2D eigenvalue weighted by atomic mass is 35.5. The maximum atomic E-state index is 12.2. The fourth-order valence-corrected chi connectivity index (χ4v) is 3.73. The summed E-state index contributed by atoms with van der Waals surface area (Å²) in [5.74, 6) is 0.413. The van der Waals surface area contributed by atoms with Crippen LogP contribution in [0.1, 0.15) is 41.2 Å². The molecule has 2 aromatic rings. The van der Waals surface area contributed by atoms with E-state index in [0.29, 0.717) is 35.1 Å². The number of halogens is 1. The monoisotopic (exact) mass is 365 g/mol. The van der Waals surface area contributed by atoms with Gasteiger partial charge in [-0.1, -0.05) is 11.6 Å². The van der Waals surface area contributed by atoms with Gasteiger partial charge in [-0.3, -0.25) is 4.79 Å². The van der Waals surface area contributed by atoms with E-state index >= 15 is 0 Å². The Balaban J connectivity index is 1.63. The van der Waals surface area contributed by atoms with E-state index in [0.717, 1.165) is 17.8 Å². The SMILES string of the molecule is NCCc1nc(C(=O)Nc2ccc(OC3CCCC3)c(Cl)c2)cs1. The molecule has 24 heavy (non-hydrogen) atoms. The fraction of sp³-hybridized carbons (Fsp3) is 0.412. The zero-order valence-electron chi connectivity index (χ0n) is 13.3. The van der Waals surface area contributed by atoms with Gasteiger partial charge in [-0.05, 0) is 50.4 Å². The third-order valence-corrected chi connectivity index (χ3v) is 5.13. The number of thiazole rings is 1. The Morgan fingerprint density at radius 1 is 1.42 bits per heavy atom. The van der Waals surface area contributed by atoms with Crippen molar-refractivity contribution in [1.29, 1.82) is 0 Å². The molecule has 1 aromatic heterocycles. The zero-order valence-corrected chi connectivity index (χ0v) is 14.8. The number of amides is 1. The van der Waals surface area contributed by atoms with Gasteiger partial charge in [0.1, 0.15) is 11.4 Å². The van der Waals surface area contributed by atoms with Crippen LogP contribution in [0, 0.1) is 0 Å². The van der Waals surface area contributed by atoms with E-state index in [1.807, 2.05) is 0 Å². The smallest absolute Gasteiger partial charge is 0.275 e. The number of anilines is 1. The number of hydrogen-bond acceptors (Lipinski definition) is 5. The van der Waals surface area contributed by atoms with Gasteiger partial charge >= 0.3 is 0 Å². The van der Waals surface area contributed by atoms with E-state index in [4.69, 9.17) is 22.1 Å². The lowest BCUT2D eigenvalue weighted by Gasteiger charge is -2.15. The van der Waals surface area contributed by atoms with Gasteiger partial charge in [0.15, 0.2) is 0 Å². The number of rotatable bonds is 6. The molecule has 0 atom stereocenters. The molecule has 1 fully saturated rings. The van der Waals surface area contributed by atoms with Crippen molar-refractivity contribution < 1.29 is 9.53 Å². The van der Waals surface area contributed by atoms with Crippen LogP contribution in [0.2, 0.25) is 5.02 Å². The summed E-state index contributed by atoms with van der Waals surface area (Å²) in [6, 6.07) is 5.30. The van der Waals surface area contributed by atoms with Gasteiger partial charge in [0.05, 0.1) is 16.1 Å². The fourth-order valence-electron chi connectivity index (χ4n) is 2.71. The van der Waals surface area contributed by atoms with Crippen molar-refractivity contribution in [1.82, 2.24) is 4.98 Å². The normalized spacial score (nSPS) is 14.8. The molecule has 7 heteroatoms. The third-order valence-electron chi connectivity index (χ3n) is 3.93. The molecule has 3 rings (SSSR count). The molecule has 1 amide bonds. The first kappa shape index (κ1) is 17.2. The van der Waals surface area contributed by atoms with Crippen LogP contribution in [-0.2, 0) is 6.42 Å². The molecule has 0 saturated heterocycles. The lowest BCUT2D eigenvalue weighted by molar-refractivity contribution is 0.102. The number of aromatic nitrogens is 1. The van der Waals surface area contributed by atoms with E-state index in [1.165, 1.54) is 24.2 Å². The van der Waals surface area contributed by atoms with Gasteiger partial charge in [0, 0.05) is 17.5 Å². The molecule has 3 N–H and O–H groups in total. The molecular weight excluding hydrogens is 346 g/mol. The molecule has 1 aliphatic carbocycles. The molecule has 1 aromatic carbocycles. The predicted octanol–water partition coefficient (Wildman–Crippen LogP) is 3.87. The number of ether oxygens (including phenoxy) is 1. The molecule has 1 heterocycles. The van der Waals surface area contributed by atoms with Crippen LogP contribution in [0.5, 0.6) is 5.75 Å². The highest BCUT2D eigenvalue weighted by Gasteiger charge is 2.18. The summed E-state index contributed by atoms with van der Waals surface area (Å²) in [5.41, 5.74) is 6.51. The Morgan fingerprint density at radius 3 is 2.92 bits per heavy atom. The second-order valence-electron chi connectivity index (χ2n) is 5.79. The number of hydrogen-bond donors (Lipinski definition) is 2. The van der Waals surface area contributed by atoms with Crippen LogP contribution < -0.4 is 15.8 Å². The molecule has 128 valence electrons. The van der Waals surface area contributed by atoms with Crippen LogP contribution in [0.3, 0.4) is 0 Å². The van der Waals surface area contributed by atoms with Gasteiger partial charge in [-0.15, -0.1) is 11.3 Å². The lowest BCUT2D eigenvalue weighted by atomic mass is 10.2. The van der Waals surface area contributed by atoms with Crippen LogP contribution in [0.25, 0.3) is 0 Å². The molecule has 5 nitrogen and oxygen atoms in total. The Kier molecular flexibility index (Phi) is 5.71. The average molecular weight is 366 g/mol. The summed E-state index contributed by atoms with van der Waals surface area (Å²) in [4.78, 5) is 16.5. The molecular formula is C17H20ClN3O2S. The Labute approximate surface area is 150 Å². The van der Waals surface area contributed by atoms with Crippen molar-refractivity contribution in [3.8, 4) is 5.75 Å². The molecule has 0 unspecified atom stereocenters. The third kappa shape index (κ3) is 4.26. The van der Waals surface area contributed by atoms with E-state index in [9.17, 15) is 4.79 Å². The molecule has 1 aliphatic rings. The summed E-state index contributed by atoms with van der Waals surface area (Å²) >= 11 is 7.72. The average Bonchev–Trinajstić information content (AvgIpc) is 3.22. The zero-order chi connectivity index (χ0) is 16.9. The molecule has 0 radical (unpaired) electrons. The summed E-state index contributed by atoms with van der Waals surface area (Å²) in [5, 5.41) is 5.91. The highest BCUT2D eigenvalue weighted by molar-refractivity contribution is 7.09. The van der Waals surface area contributed by atoms with Crippen LogP contribution in [0.15, 0.2) is 23.6 Å². The van der Waals surface area contributed by atoms with Crippen molar-refractivity contribution in [3.63, 3.8) is 0 Å². The molecule has 0 spiro atoms. The van der Waals surface area contributed by atoms with E-state index in [2.05, 4.69) is 10.3 Å². The van der Waals surface area contributed by atoms with Crippen LogP contribution in [0.4, 0.5) is 5.69 Å². The lowest BCUT2D eigenvalue weighted by Crippen LogP contribution is -2.13. The van der Waals surface area contributed by atoms with E-state index < -0.39 is 0 Å². The summed E-state index contributed by atoms with van der Waals surface area (Å²) in [7, 11) is 0. The standard InChI is InChI=1S/C17H20ClN3O2S/c18-13-9-11(5-6-15(13)23-12-3-1-2-4-12)20-17(22)14-10-24-16(21-14)7-8-19/h5-6,9-10,12H,1-4,7-8,19H2,(H,20,22). The van der Waals surface area contributed by atoms with E-state index in [1.54, 1.807) is 23.6 Å². The Morgan fingerprint density at radius 2 is 2.21 bits per heavy atom. The maximum Gasteiger partial charge on any atom is 0.275 e. The largest absolute Gasteiger partial charge is 0.489 e. The number of nitrogens with zero attached hydrogens (tertiary/aromatic N) is 1. The minimum Gasteiger partial charge on any atom is -0.489 e. The second-order valence-corrected chi connectivity index (χ2v) is 7.14. The van der Waals surface area contributed by atoms with Gasteiger partial charge in [-0.25, -0.2) is 4.98 Å². The summed E-state index contributed by atoms with van der Waals surface area (Å²) < 4.78 is 5.91. The molecule has 0 aliphatic heterocycles. The highest BCUT2D eigenvalue weighted by Crippen LogP contribution is 2.31. The number of benzene rings is 1. The minimum atomic E-state index is -0.255. The van der Waals surface area contributed by atoms with Gasteiger partial charge in [0.2, 0.25) is 0 Å². The maximum absolute atomic E-state index is 12.2. The van der Waals surface area contributed by atoms with Crippen molar-refractivity contribution in [2.45, 2.75) is 38.2 Å². The quantitative estimate of drug-likeness (QED) is 0.814. The van der Waals surface area contributed by atoms with Crippen molar-refractivity contribution >= 4 is 34.5 Å². The number of carbonyl (C=O) groups is 1. The Hall–Kier alpha value is -1.63. The first-order chi connectivity index (χ1) is 11.7. The van der Waals surface area contributed by atoms with Crippen LogP contribution in [-0.4, -0.2) is 23.5 Å². The van der Waals surface area contributed by atoms with Gasteiger partial charge in [0.25, 0.3) is 5.91 Å². The van der Waals surface area contributed by atoms with Crippen molar-refractivity contribution in [2.24, 2.45) is 5.73 Å². The number of carbonyl (C=O) groups excluding carboxylic acids is 1. The molecule has 1 saturated carbocycles. The van der Waals surface area contributed by atoms with Crippen molar-refractivity contribution in [2.75, 3.05) is 11.9 Å². The van der Waals surface area contributed by atoms with E-state index in [-0.39, 0.29) is 12.0 Å².